The molecule has 3 heteroatoms. The maximum absolute atomic E-state index is 5.94. The average molecular weight is 270 g/mol. The fourth-order valence-electron chi connectivity index (χ4n) is 2.07. The number of hydrogen-bond acceptors (Lipinski definition) is 2. The van der Waals surface area contributed by atoms with E-state index in [1.165, 1.54) is 12.0 Å². The summed E-state index contributed by atoms with van der Waals surface area (Å²) in [7, 11) is 1.73. The predicted molar refractivity (Wildman–Crippen MR) is 78.4 cm³/mol. The highest BCUT2D eigenvalue weighted by Gasteiger charge is 2.17. The molecule has 2 nitrogen and oxygen atoms in total. The van der Waals surface area contributed by atoms with Crippen molar-refractivity contribution in [2.24, 2.45) is 5.92 Å². The summed E-state index contributed by atoms with van der Waals surface area (Å²) in [6.45, 7) is 7.19. The second-order valence-corrected chi connectivity index (χ2v) is 5.18. The minimum Gasteiger partial charge on any atom is -0.383 e. The van der Waals surface area contributed by atoms with E-state index in [0.717, 1.165) is 24.7 Å². The van der Waals surface area contributed by atoms with Crippen LogP contribution >= 0.6 is 11.6 Å². The summed E-state index contributed by atoms with van der Waals surface area (Å²) in [6.07, 6.45) is 1.18. The fourth-order valence-corrected chi connectivity index (χ4v) is 2.20. The maximum atomic E-state index is 5.94. The molecule has 0 bridgehead atoms. The molecule has 0 saturated heterocycles. The molecule has 1 rings (SSSR count). The van der Waals surface area contributed by atoms with E-state index in [0.29, 0.717) is 11.8 Å². The zero-order valence-corrected chi connectivity index (χ0v) is 12.3. The summed E-state index contributed by atoms with van der Waals surface area (Å²) in [5.74, 6) is 1.19. The van der Waals surface area contributed by atoms with Gasteiger partial charge in [-0.2, -0.15) is 0 Å². The van der Waals surface area contributed by atoms with Gasteiger partial charge in [-0.3, -0.25) is 0 Å². The fraction of sp³-hybridized carbons (Fsp3) is 0.600. The number of benzene rings is 1. The molecule has 2 atom stereocenters. The maximum Gasteiger partial charge on any atom is 0.0587 e. The molecule has 0 saturated carbocycles. The predicted octanol–water partition coefficient (Wildman–Crippen LogP) is 3.71. The molecule has 0 aliphatic heterocycles. The Kier molecular flexibility index (Phi) is 7.33. The van der Waals surface area contributed by atoms with Crippen LogP contribution in [0.2, 0.25) is 5.02 Å². The Morgan fingerprint density at radius 1 is 1.28 bits per heavy atom. The molecule has 1 aromatic carbocycles. The number of hydrogen-bond donors (Lipinski definition) is 1. The number of halogens is 1. The standard InChI is InChI=1S/C15H24ClNO/c1-4-12(2)15(11-17-9-10-18-3)13-5-7-14(16)8-6-13/h5-8,12,15,17H,4,9-11H2,1-3H3. The van der Waals surface area contributed by atoms with Gasteiger partial charge in [0.25, 0.3) is 0 Å². The molecule has 0 aliphatic rings. The lowest BCUT2D eigenvalue weighted by Crippen LogP contribution is -2.28. The highest BCUT2D eigenvalue weighted by molar-refractivity contribution is 6.30. The molecule has 0 amide bonds. The van der Waals surface area contributed by atoms with Crippen LogP contribution in [0.5, 0.6) is 0 Å². The minimum atomic E-state index is 0.532. The Morgan fingerprint density at radius 2 is 1.94 bits per heavy atom. The lowest BCUT2D eigenvalue weighted by atomic mass is 9.85. The van der Waals surface area contributed by atoms with E-state index in [-0.39, 0.29) is 0 Å². The first kappa shape index (κ1) is 15.5. The van der Waals surface area contributed by atoms with E-state index in [1.54, 1.807) is 7.11 Å². The minimum absolute atomic E-state index is 0.532. The monoisotopic (exact) mass is 269 g/mol. The van der Waals surface area contributed by atoms with Gasteiger partial charge in [-0.25, -0.2) is 0 Å². The quantitative estimate of drug-likeness (QED) is 0.727. The van der Waals surface area contributed by atoms with Crippen LogP contribution in [0.15, 0.2) is 24.3 Å². The molecular weight excluding hydrogens is 246 g/mol. The van der Waals surface area contributed by atoms with Crippen LogP contribution in [-0.2, 0) is 4.74 Å². The summed E-state index contributed by atoms with van der Waals surface area (Å²) in [6, 6.07) is 8.22. The van der Waals surface area contributed by atoms with Gasteiger partial charge in [-0.1, -0.05) is 44.0 Å². The number of nitrogens with one attached hydrogen (secondary N) is 1. The van der Waals surface area contributed by atoms with E-state index in [2.05, 4.69) is 31.3 Å². The van der Waals surface area contributed by atoms with Crippen LogP contribution in [0.3, 0.4) is 0 Å². The average Bonchev–Trinajstić information content (AvgIpc) is 2.39. The molecule has 0 radical (unpaired) electrons. The van der Waals surface area contributed by atoms with Crippen molar-refractivity contribution < 1.29 is 4.74 Å². The third-order valence-corrected chi connectivity index (χ3v) is 3.73. The normalized spacial score (nSPS) is 14.4. The van der Waals surface area contributed by atoms with Crippen molar-refractivity contribution in [1.29, 1.82) is 0 Å². The van der Waals surface area contributed by atoms with Crippen molar-refractivity contribution in [3.8, 4) is 0 Å². The van der Waals surface area contributed by atoms with Crippen molar-refractivity contribution in [3.63, 3.8) is 0 Å². The topological polar surface area (TPSA) is 21.3 Å². The van der Waals surface area contributed by atoms with Gasteiger partial charge < -0.3 is 10.1 Å². The smallest absolute Gasteiger partial charge is 0.0587 e. The second kappa shape index (κ2) is 8.52. The third kappa shape index (κ3) is 4.97. The Hall–Kier alpha value is -0.570. The molecule has 18 heavy (non-hydrogen) atoms. The van der Waals surface area contributed by atoms with Crippen molar-refractivity contribution in [1.82, 2.24) is 5.32 Å². The molecule has 0 spiro atoms. The van der Waals surface area contributed by atoms with Gasteiger partial charge in [0.15, 0.2) is 0 Å². The summed E-state index contributed by atoms with van der Waals surface area (Å²) in [4.78, 5) is 0. The van der Waals surface area contributed by atoms with Crippen molar-refractivity contribution in [2.45, 2.75) is 26.2 Å². The van der Waals surface area contributed by atoms with E-state index < -0.39 is 0 Å². The largest absolute Gasteiger partial charge is 0.383 e. The Balaban J connectivity index is 2.63. The van der Waals surface area contributed by atoms with Gasteiger partial charge in [-0.05, 0) is 29.5 Å². The molecule has 1 aromatic rings. The lowest BCUT2D eigenvalue weighted by Gasteiger charge is -2.24. The van der Waals surface area contributed by atoms with Crippen LogP contribution in [0.4, 0.5) is 0 Å². The van der Waals surface area contributed by atoms with Crippen molar-refractivity contribution >= 4 is 11.6 Å². The number of rotatable bonds is 8. The molecule has 0 fully saturated rings. The van der Waals surface area contributed by atoms with E-state index >= 15 is 0 Å². The van der Waals surface area contributed by atoms with Crippen LogP contribution in [0.1, 0.15) is 31.7 Å². The van der Waals surface area contributed by atoms with Gasteiger partial charge in [0.2, 0.25) is 0 Å². The second-order valence-electron chi connectivity index (χ2n) is 4.74. The van der Waals surface area contributed by atoms with Crippen LogP contribution < -0.4 is 5.32 Å². The molecule has 0 aromatic heterocycles. The third-order valence-electron chi connectivity index (χ3n) is 3.48. The Bertz CT molecular complexity index is 326. The van der Waals surface area contributed by atoms with E-state index in [4.69, 9.17) is 16.3 Å². The highest BCUT2D eigenvalue weighted by Crippen LogP contribution is 2.27. The molecule has 1 N–H and O–H groups in total. The highest BCUT2D eigenvalue weighted by atomic mass is 35.5. The van der Waals surface area contributed by atoms with Crippen molar-refractivity contribution in [2.75, 3.05) is 26.8 Å². The molecule has 2 unspecified atom stereocenters. The van der Waals surface area contributed by atoms with Gasteiger partial charge in [0.1, 0.15) is 0 Å². The lowest BCUT2D eigenvalue weighted by molar-refractivity contribution is 0.198. The first-order valence-electron chi connectivity index (χ1n) is 6.64. The zero-order chi connectivity index (χ0) is 13.4. The first-order chi connectivity index (χ1) is 8.69. The van der Waals surface area contributed by atoms with Crippen LogP contribution in [0.25, 0.3) is 0 Å². The van der Waals surface area contributed by atoms with Gasteiger partial charge in [0.05, 0.1) is 6.61 Å². The SMILES string of the molecule is CCC(C)C(CNCCOC)c1ccc(Cl)cc1. The first-order valence-corrected chi connectivity index (χ1v) is 7.02. The number of methoxy groups -OCH3 is 1. The van der Waals surface area contributed by atoms with Crippen LogP contribution in [0, 0.1) is 5.92 Å². The van der Waals surface area contributed by atoms with E-state index in [9.17, 15) is 0 Å². The Labute approximate surface area is 116 Å². The van der Waals surface area contributed by atoms with Gasteiger partial charge >= 0.3 is 0 Å². The van der Waals surface area contributed by atoms with Gasteiger partial charge in [-0.15, -0.1) is 0 Å². The summed E-state index contributed by atoms with van der Waals surface area (Å²) >= 11 is 5.94. The summed E-state index contributed by atoms with van der Waals surface area (Å²) in [5, 5.41) is 4.26. The van der Waals surface area contributed by atoms with Gasteiger partial charge in [0, 0.05) is 25.2 Å². The summed E-state index contributed by atoms with van der Waals surface area (Å²) < 4.78 is 5.05. The molecule has 0 heterocycles. The Morgan fingerprint density at radius 3 is 2.50 bits per heavy atom. The zero-order valence-electron chi connectivity index (χ0n) is 11.6. The molecular formula is C15H24ClNO. The molecule has 0 aliphatic carbocycles. The van der Waals surface area contributed by atoms with Crippen LogP contribution in [-0.4, -0.2) is 26.8 Å². The molecule has 102 valence electrons. The number of ether oxygens (including phenoxy) is 1. The summed E-state index contributed by atoms with van der Waals surface area (Å²) in [5.41, 5.74) is 1.36. The van der Waals surface area contributed by atoms with E-state index in [1.807, 2.05) is 12.1 Å². The van der Waals surface area contributed by atoms with Crippen molar-refractivity contribution in [3.05, 3.63) is 34.9 Å².